The molecule has 0 bridgehead atoms. The zero-order valence-corrected chi connectivity index (χ0v) is 52.0. The quantitative estimate of drug-likeness (QED) is 0.0261. The van der Waals surface area contributed by atoms with Crippen LogP contribution in [0.3, 0.4) is 0 Å². The first-order valence-electron chi connectivity index (χ1n) is 33.2. The molecule has 6 heteroatoms. The molecular weight excluding hydrogens is 985 g/mol. The van der Waals surface area contributed by atoms with Gasteiger partial charge < -0.3 is 14.2 Å². The maximum absolute atomic E-state index is 12.9. The molecule has 0 aromatic rings. The van der Waals surface area contributed by atoms with Gasteiger partial charge in [0.2, 0.25) is 0 Å². The molecule has 0 saturated carbocycles. The summed E-state index contributed by atoms with van der Waals surface area (Å²) in [5.41, 5.74) is 0. The lowest BCUT2D eigenvalue weighted by Crippen LogP contribution is -2.30. The van der Waals surface area contributed by atoms with Crippen LogP contribution in [0.15, 0.2) is 134 Å². The van der Waals surface area contributed by atoms with Gasteiger partial charge in [-0.2, -0.15) is 0 Å². The third-order valence-electron chi connectivity index (χ3n) is 13.9. The van der Waals surface area contributed by atoms with Crippen molar-refractivity contribution in [2.24, 2.45) is 0 Å². The zero-order chi connectivity index (χ0) is 57.8. The Balaban J connectivity index is 4.46. The van der Waals surface area contributed by atoms with Gasteiger partial charge in [0, 0.05) is 19.3 Å². The average Bonchev–Trinajstić information content (AvgIpc) is 3.46. The summed E-state index contributed by atoms with van der Waals surface area (Å²) in [7, 11) is 0. The predicted octanol–water partition coefficient (Wildman–Crippen LogP) is 22.9. The van der Waals surface area contributed by atoms with E-state index in [-0.39, 0.29) is 38.0 Å². The molecule has 0 saturated heterocycles. The number of carbonyl (C=O) groups excluding carboxylic acids is 3. The molecule has 80 heavy (non-hydrogen) atoms. The number of hydrogen-bond acceptors (Lipinski definition) is 6. The molecular formula is C74H122O6. The minimum absolute atomic E-state index is 0.128. The molecule has 0 aliphatic carbocycles. The van der Waals surface area contributed by atoms with Crippen molar-refractivity contribution in [1.29, 1.82) is 0 Å². The van der Waals surface area contributed by atoms with Crippen molar-refractivity contribution in [3.63, 3.8) is 0 Å². The fourth-order valence-electron chi connectivity index (χ4n) is 9.04. The minimum Gasteiger partial charge on any atom is -0.462 e. The monoisotopic (exact) mass is 1110 g/mol. The van der Waals surface area contributed by atoms with Gasteiger partial charge in [0.1, 0.15) is 13.2 Å². The van der Waals surface area contributed by atoms with Crippen LogP contribution in [0, 0.1) is 0 Å². The number of hydrogen-bond donors (Lipinski definition) is 0. The molecule has 0 amide bonds. The van der Waals surface area contributed by atoms with E-state index >= 15 is 0 Å². The lowest BCUT2D eigenvalue weighted by atomic mass is 10.0. The summed E-state index contributed by atoms with van der Waals surface area (Å²) < 4.78 is 16.8. The molecule has 0 aliphatic heterocycles. The van der Waals surface area contributed by atoms with Crippen molar-refractivity contribution in [1.82, 2.24) is 0 Å². The van der Waals surface area contributed by atoms with Crippen molar-refractivity contribution in [3.8, 4) is 0 Å². The normalized spacial score (nSPS) is 13.0. The predicted molar refractivity (Wildman–Crippen MR) is 348 cm³/mol. The van der Waals surface area contributed by atoms with E-state index < -0.39 is 12.1 Å². The van der Waals surface area contributed by atoms with E-state index in [0.717, 1.165) is 96.3 Å². The molecule has 0 aromatic heterocycles. The Hall–Kier alpha value is -4.45. The molecule has 0 aromatic carbocycles. The van der Waals surface area contributed by atoms with Gasteiger partial charge in [0.15, 0.2) is 6.10 Å². The first-order chi connectivity index (χ1) is 39.5. The summed E-state index contributed by atoms with van der Waals surface area (Å²) in [6.07, 6.45) is 95.0. The van der Waals surface area contributed by atoms with E-state index in [2.05, 4.69) is 142 Å². The van der Waals surface area contributed by atoms with Gasteiger partial charge in [0.25, 0.3) is 0 Å². The maximum Gasteiger partial charge on any atom is 0.306 e. The number of rotatable bonds is 59. The SMILES string of the molecule is CC/C=C\C/C=C\C/C=C\C/C=C\C/C=C\C/C=C\CCC(=O)OC(COC(=O)CCC/C=C\C/C=C\C/C=C\C/C=C\C/C=C\CC)COC(=O)CCCCCCCCCCCCCCCCCCCCCCCCCCCC. The van der Waals surface area contributed by atoms with Gasteiger partial charge in [-0.15, -0.1) is 0 Å². The second-order valence-electron chi connectivity index (χ2n) is 21.6. The third kappa shape index (κ3) is 64.4. The molecule has 0 N–H and O–H groups in total. The van der Waals surface area contributed by atoms with E-state index in [1.807, 2.05) is 12.2 Å². The van der Waals surface area contributed by atoms with Crippen LogP contribution in [-0.2, 0) is 28.6 Å². The number of esters is 3. The zero-order valence-electron chi connectivity index (χ0n) is 52.0. The van der Waals surface area contributed by atoms with Crippen LogP contribution in [0.5, 0.6) is 0 Å². The van der Waals surface area contributed by atoms with Crippen LogP contribution >= 0.6 is 0 Å². The Labute approximate surface area is 494 Å². The van der Waals surface area contributed by atoms with Gasteiger partial charge >= 0.3 is 17.9 Å². The lowest BCUT2D eigenvalue weighted by Gasteiger charge is -2.18. The Morgan fingerprint density at radius 3 is 0.812 bits per heavy atom. The molecule has 1 unspecified atom stereocenters. The fourth-order valence-corrected chi connectivity index (χ4v) is 9.04. The van der Waals surface area contributed by atoms with Crippen LogP contribution in [0.2, 0.25) is 0 Å². The number of allylic oxidation sites excluding steroid dienone is 22. The molecule has 0 heterocycles. The number of unbranched alkanes of at least 4 members (excludes halogenated alkanes) is 26. The molecule has 454 valence electrons. The highest BCUT2D eigenvalue weighted by atomic mass is 16.6. The average molecular weight is 1110 g/mol. The van der Waals surface area contributed by atoms with Crippen LogP contribution < -0.4 is 0 Å². The van der Waals surface area contributed by atoms with Gasteiger partial charge in [-0.3, -0.25) is 14.4 Å². The topological polar surface area (TPSA) is 78.9 Å². The van der Waals surface area contributed by atoms with Crippen LogP contribution in [0.25, 0.3) is 0 Å². The van der Waals surface area contributed by atoms with E-state index in [0.29, 0.717) is 19.3 Å². The highest BCUT2D eigenvalue weighted by Crippen LogP contribution is 2.17. The maximum atomic E-state index is 12.9. The van der Waals surface area contributed by atoms with Gasteiger partial charge in [-0.05, 0) is 96.3 Å². The van der Waals surface area contributed by atoms with E-state index in [4.69, 9.17) is 14.2 Å². The van der Waals surface area contributed by atoms with Crippen LogP contribution in [0.4, 0.5) is 0 Å². The van der Waals surface area contributed by atoms with Crippen molar-refractivity contribution >= 4 is 17.9 Å². The highest BCUT2D eigenvalue weighted by molar-refractivity contribution is 5.71. The second kappa shape index (κ2) is 67.1. The van der Waals surface area contributed by atoms with Crippen molar-refractivity contribution in [3.05, 3.63) is 134 Å². The summed E-state index contributed by atoms with van der Waals surface area (Å²) in [6, 6.07) is 0. The molecule has 6 nitrogen and oxygen atoms in total. The molecule has 1 atom stereocenters. The molecule has 0 fully saturated rings. The Morgan fingerprint density at radius 1 is 0.263 bits per heavy atom. The van der Waals surface area contributed by atoms with Crippen molar-refractivity contribution in [2.75, 3.05) is 13.2 Å². The van der Waals surface area contributed by atoms with Crippen molar-refractivity contribution in [2.45, 2.75) is 303 Å². The smallest absolute Gasteiger partial charge is 0.306 e. The molecule has 0 radical (unpaired) electrons. The summed E-state index contributed by atoms with van der Waals surface area (Å²) >= 11 is 0. The van der Waals surface area contributed by atoms with Gasteiger partial charge in [-0.25, -0.2) is 0 Å². The van der Waals surface area contributed by atoms with E-state index in [9.17, 15) is 14.4 Å². The number of carbonyl (C=O) groups is 3. The Morgan fingerprint density at radius 2 is 0.512 bits per heavy atom. The molecule has 0 rings (SSSR count). The summed E-state index contributed by atoms with van der Waals surface area (Å²) in [4.78, 5) is 38.3. The third-order valence-corrected chi connectivity index (χ3v) is 13.9. The first-order valence-corrected chi connectivity index (χ1v) is 33.2. The van der Waals surface area contributed by atoms with Crippen LogP contribution in [-0.4, -0.2) is 37.2 Å². The minimum atomic E-state index is -0.847. The largest absolute Gasteiger partial charge is 0.462 e. The first kappa shape index (κ1) is 75.5. The highest BCUT2D eigenvalue weighted by Gasteiger charge is 2.19. The Bertz CT molecular complexity index is 1700. The van der Waals surface area contributed by atoms with Crippen LogP contribution in [0.1, 0.15) is 297 Å². The Kier molecular flexibility index (Phi) is 63.3. The molecule has 0 aliphatic rings. The van der Waals surface area contributed by atoms with E-state index in [1.54, 1.807) is 0 Å². The summed E-state index contributed by atoms with van der Waals surface area (Å²) in [5, 5.41) is 0. The van der Waals surface area contributed by atoms with Crippen molar-refractivity contribution < 1.29 is 28.6 Å². The van der Waals surface area contributed by atoms with Gasteiger partial charge in [0.05, 0.1) is 0 Å². The molecule has 0 spiro atoms. The fraction of sp³-hybridized carbons (Fsp3) is 0.662. The standard InChI is InChI=1S/C74H122O6/c1-4-7-10-13-16-19-22-25-28-31-33-34-35-36-37-38-39-41-43-46-49-52-55-58-61-64-67-73(76)79-70-71(69-78-72(75)66-63-60-57-54-51-48-45-42-30-27-24-21-18-15-12-9-6-3)80-74(77)68-65-62-59-56-53-50-47-44-40-32-29-26-23-20-17-14-11-8-5-2/h8-9,11-12,17-18,20-21,26-27,29-30,40,44-45,48,50,53-54,57,59,62,71H,4-7,10,13-16,19,22-25,28,31-39,41-43,46-47,49,51-52,55-56,58,60-61,63-70H2,1-3H3/b11-8-,12-9-,20-17-,21-18-,29-26-,30-27-,44-40-,48-45-,53-50-,57-54-,62-59-. The van der Waals surface area contributed by atoms with E-state index in [1.165, 1.54) is 148 Å². The van der Waals surface area contributed by atoms with Gasteiger partial charge in [-0.1, -0.05) is 315 Å². The summed E-state index contributed by atoms with van der Waals surface area (Å²) in [5.74, 6) is -1.07. The number of ether oxygens (including phenoxy) is 3. The second-order valence-corrected chi connectivity index (χ2v) is 21.6. The summed E-state index contributed by atoms with van der Waals surface area (Å²) in [6.45, 7) is 6.33. The lowest BCUT2D eigenvalue weighted by molar-refractivity contribution is -0.166.